The molecule has 0 saturated carbocycles. The molecule has 1 aromatic rings. The summed E-state index contributed by atoms with van der Waals surface area (Å²) in [7, 11) is 0. The van der Waals surface area contributed by atoms with Gasteiger partial charge in [-0.05, 0) is 57.3 Å². The molecule has 3 saturated heterocycles. The molecular formula is C20H31N5O2. The lowest BCUT2D eigenvalue weighted by atomic mass is 9.97. The van der Waals surface area contributed by atoms with Crippen LogP contribution in [0.2, 0.25) is 0 Å². The smallest absolute Gasteiger partial charge is 0.319 e. The number of amides is 2. The summed E-state index contributed by atoms with van der Waals surface area (Å²) in [5, 5.41) is 6.13. The number of anilines is 2. The molecule has 3 fully saturated rings. The minimum Gasteiger partial charge on any atom is -0.381 e. The number of ether oxygens (including phenoxy) is 1. The largest absolute Gasteiger partial charge is 0.381 e. The fourth-order valence-corrected chi connectivity index (χ4v) is 4.56. The molecule has 3 aliphatic rings. The highest BCUT2D eigenvalue weighted by Gasteiger charge is 2.32. The lowest BCUT2D eigenvalue weighted by Crippen LogP contribution is -2.48. The van der Waals surface area contributed by atoms with Crippen LogP contribution in [0.5, 0.6) is 0 Å². The van der Waals surface area contributed by atoms with Crippen molar-refractivity contribution < 1.29 is 9.53 Å². The van der Waals surface area contributed by atoms with Gasteiger partial charge in [-0.3, -0.25) is 4.90 Å². The van der Waals surface area contributed by atoms with Crippen LogP contribution in [0.3, 0.4) is 0 Å². The number of nitrogens with one attached hydrogen (secondary N) is 2. The molecule has 4 heterocycles. The lowest BCUT2D eigenvalue weighted by molar-refractivity contribution is 0.135. The van der Waals surface area contributed by atoms with E-state index >= 15 is 0 Å². The third kappa shape index (κ3) is 4.52. The maximum absolute atomic E-state index is 12.6. The van der Waals surface area contributed by atoms with Gasteiger partial charge >= 0.3 is 6.03 Å². The van der Waals surface area contributed by atoms with Crippen molar-refractivity contribution >= 4 is 17.5 Å². The number of pyridine rings is 1. The van der Waals surface area contributed by atoms with Crippen molar-refractivity contribution in [3.05, 3.63) is 18.3 Å². The number of nitrogens with zero attached hydrogens (tertiary/aromatic N) is 3. The number of carbonyl (C=O) groups is 1. The Balaban J connectivity index is 1.36. The lowest BCUT2D eigenvalue weighted by Gasteiger charge is -2.32. The van der Waals surface area contributed by atoms with Crippen LogP contribution < -0.4 is 15.5 Å². The molecule has 2 amide bonds. The molecule has 3 aliphatic heterocycles. The van der Waals surface area contributed by atoms with Crippen LogP contribution in [0, 0.1) is 5.92 Å². The molecule has 27 heavy (non-hydrogen) atoms. The monoisotopic (exact) mass is 373 g/mol. The fraction of sp³-hybridized carbons (Fsp3) is 0.700. The molecule has 0 radical (unpaired) electrons. The van der Waals surface area contributed by atoms with Gasteiger partial charge in [0.05, 0.1) is 12.3 Å². The molecule has 1 aromatic heterocycles. The molecular weight excluding hydrogens is 342 g/mol. The minimum absolute atomic E-state index is 0.147. The van der Waals surface area contributed by atoms with E-state index in [0.29, 0.717) is 18.5 Å². The topological polar surface area (TPSA) is 69.7 Å². The van der Waals surface area contributed by atoms with Crippen LogP contribution in [0.25, 0.3) is 0 Å². The molecule has 148 valence electrons. The van der Waals surface area contributed by atoms with E-state index in [0.717, 1.165) is 57.3 Å². The van der Waals surface area contributed by atoms with Crippen LogP contribution in [0.4, 0.5) is 16.3 Å². The maximum Gasteiger partial charge on any atom is 0.319 e. The Labute approximate surface area is 161 Å². The first-order chi connectivity index (χ1) is 13.3. The number of urea groups is 1. The number of rotatable bonds is 6. The molecule has 4 rings (SSSR count). The van der Waals surface area contributed by atoms with Gasteiger partial charge in [0.1, 0.15) is 0 Å². The average Bonchev–Trinajstić information content (AvgIpc) is 3.45. The number of carbonyl (C=O) groups excluding carboxylic acids is 1. The van der Waals surface area contributed by atoms with E-state index in [2.05, 4.69) is 25.4 Å². The van der Waals surface area contributed by atoms with Gasteiger partial charge in [0, 0.05) is 44.4 Å². The standard InChI is InChI=1S/C20H31N5O2/c26-20(23-17-6-5-8-21-19(17)25-11-3-4-12-25)22-14-18(16-7-13-27-15-16)24-9-1-2-10-24/h5-6,8,16,18H,1-4,7,9-15H2,(H2,22,23,26)/t16-,18+/m1/s1. The summed E-state index contributed by atoms with van der Waals surface area (Å²) in [6, 6.07) is 4.03. The minimum atomic E-state index is -0.147. The predicted molar refractivity (Wildman–Crippen MR) is 106 cm³/mol. The second-order valence-corrected chi connectivity index (χ2v) is 7.84. The van der Waals surface area contributed by atoms with Gasteiger partial charge in [0.25, 0.3) is 0 Å². The normalized spacial score (nSPS) is 24.3. The Bertz CT molecular complexity index is 607. The molecule has 2 atom stereocenters. The van der Waals surface area contributed by atoms with Crippen molar-refractivity contribution in [2.45, 2.75) is 38.1 Å². The Kier molecular flexibility index (Phi) is 6.09. The van der Waals surface area contributed by atoms with Gasteiger partial charge < -0.3 is 20.3 Å². The second-order valence-electron chi connectivity index (χ2n) is 7.84. The van der Waals surface area contributed by atoms with Crippen molar-refractivity contribution in [1.82, 2.24) is 15.2 Å². The first-order valence-electron chi connectivity index (χ1n) is 10.4. The van der Waals surface area contributed by atoms with Crippen LogP contribution in [0.1, 0.15) is 32.1 Å². The Morgan fingerprint density at radius 1 is 1.22 bits per heavy atom. The SMILES string of the molecule is O=C(NC[C@@H]([C@@H]1CCOC1)N1CCCC1)Nc1cccnc1N1CCCC1. The highest BCUT2D eigenvalue weighted by Crippen LogP contribution is 2.26. The molecule has 0 aliphatic carbocycles. The van der Waals surface area contributed by atoms with Crippen molar-refractivity contribution in [2.24, 2.45) is 5.92 Å². The van der Waals surface area contributed by atoms with Crippen molar-refractivity contribution in [3.63, 3.8) is 0 Å². The van der Waals surface area contributed by atoms with Gasteiger partial charge in [-0.1, -0.05) is 0 Å². The van der Waals surface area contributed by atoms with E-state index in [4.69, 9.17) is 4.74 Å². The molecule has 7 heteroatoms. The number of aromatic nitrogens is 1. The van der Waals surface area contributed by atoms with Gasteiger partial charge in [-0.2, -0.15) is 0 Å². The predicted octanol–water partition coefficient (Wildman–Crippen LogP) is 2.30. The van der Waals surface area contributed by atoms with Gasteiger partial charge in [-0.25, -0.2) is 9.78 Å². The van der Waals surface area contributed by atoms with Crippen LogP contribution in [0.15, 0.2) is 18.3 Å². The zero-order chi connectivity index (χ0) is 18.5. The van der Waals surface area contributed by atoms with Crippen molar-refractivity contribution in [1.29, 1.82) is 0 Å². The zero-order valence-corrected chi connectivity index (χ0v) is 16.0. The van der Waals surface area contributed by atoms with Crippen LogP contribution in [-0.2, 0) is 4.74 Å². The first-order valence-corrected chi connectivity index (χ1v) is 10.4. The van der Waals surface area contributed by atoms with E-state index in [1.165, 1.54) is 25.7 Å². The van der Waals surface area contributed by atoms with E-state index < -0.39 is 0 Å². The Morgan fingerprint density at radius 2 is 2.00 bits per heavy atom. The summed E-state index contributed by atoms with van der Waals surface area (Å²) in [4.78, 5) is 21.9. The van der Waals surface area contributed by atoms with E-state index in [-0.39, 0.29) is 6.03 Å². The van der Waals surface area contributed by atoms with Gasteiger partial charge in [0.2, 0.25) is 0 Å². The highest BCUT2D eigenvalue weighted by atomic mass is 16.5. The Morgan fingerprint density at radius 3 is 2.74 bits per heavy atom. The summed E-state index contributed by atoms with van der Waals surface area (Å²) < 4.78 is 5.60. The molecule has 7 nitrogen and oxygen atoms in total. The van der Waals surface area contributed by atoms with Gasteiger partial charge in [0.15, 0.2) is 5.82 Å². The molecule has 0 bridgehead atoms. The second kappa shape index (κ2) is 8.89. The van der Waals surface area contributed by atoms with Crippen molar-refractivity contribution in [2.75, 3.05) is 56.2 Å². The van der Waals surface area contributed by atoms with E-state index in [1.807, 2.05) is 12.1 Å². The molecule has 0 aromatic carbocycles. The number of likely N-dealkylation sites (tertiary alicyclic amines) is 1. The fourth-order valence-electron chi connectivity index (χ4n) is 4.56. The molecule has 0 spiro atoms. The number of hydrogen-bond donors (Lipinski definition) is 2. The quantitative estimate of drug-likeness (QED) is 0.801. The third-order valence-electron chi connectivity index (χ3n) is 6.03. The molecule has 0 unspecified atom stereocenters. The first kappa shape index (κ1) is 18.5. The van der Waals surface area contributed by atoms with E-state index in [9.17, 15) is 4.79 Å². The molecule has 2 N–H and O–H groups in total. The summed E-state index contributed by atoms with van der Waals surface area (Å²) >= 11 is 0. The van der Waals surface area contributed by atoms with Crippen molar-refractivity contribution in [3.8, 4) is 0 Å². The average molecular weight is 374 g/mol. The number of hydrogen-bond acceptors (Lipinski definition) is 5. The summed E-state index contributed by atoms with van der Waals surface area (Å²) in [6.07, 6.45) is 7.76. The summed E-state index contributed by atoms with van der Waals surface area (Å²) in [5.74, 6) is 1.40. The zero-order valence-electron chi connectivity index (χ0n) is 16.0. The van der Waals surface area contributed by atoms with E-state index in [1.54, 1.807) is 6.20 Å². The highest BCUT2D eigenvalue weighted by molar-refractivity contribution is 5.92. The maximum atomic E-state index is 12.6. The summed E-state index contributed by atoms with van der Waals surface area (Å²) in [6.45, 7) is 6.60. The summed E-state index contributed by atoms with van der Waals surface area (Å²) in [5.41, 5.74) is 0.791. The third-order valence-corrected chi connectivity index (χ3v) is 6.03. The van der Waals surface area contributed by atoms with Crippen LogP contribution >= 0.6 is 0 Å². The van der Waals surface area contributed by atoms with Crippen LogP contribution in [-0.4, -0.2) is 67.9 Å². The van der Waals surface area contributed by atoms with Gasteiger partial charge in [-0.15, -0.1) is 0 Å². The Hall–Kier alpha value is -1.86.